The van der Waals surface area contributed by atoms with Gasteiger partial charge < -0.3 is 56.8 Å². The lowest BCUT2D eigenvalue weighted by atomic mass is 9.80. The predicted molar refractivity (Wildman–Crippen MR) is 483 cm³/mol. The van der Waals surface area contributed by atoms with Crippen molar-refractivity contribution in [2.75, 3.05) is 52.9 Å². The first kappa shape index (κ1) is 90.5. The van der Waals surface area contributed by atoms with Crippen LogP contribution in [0, 0.1) is 0 Å². The van der Waals surface area contributed by atoms with E-state index in [2.05, 4.69) is 24.3 Å². The molecule has 0 aliphatic rings. The van der Waals surface area contributed by atoms with Gasteiger partial charge in [-0.05, 0) is 232 Å². The summed E-state index contributed by atoms with van der Waals surface area (Å²) in [5, 5.41) is 0. The van der Waals surface area contributed by atoms with Crippen LogP contribution in [0.2, 0.25) is 0 Å². The number of hydrogen-bond acceptors (Lipinski definition) is 20. The molecule has 13 aromatic carbocycles. The van der Waals surface area contributed by atoms with Gasteiger partial charge in [0.2, 0.25) is 0 Å². The molecule has 0 N–H and O–H groups in total. The van der Waals surface area contributed by atoms with Gasteiger partial charge in [0.25, 0.3) is 0 Å². The number of esters is 8. The topological polar surface area (TPSA) is 247 Å². The minimum Gasteiger partial charge on any atom is -0.481 e. The van der Waals surface area contributed by atoms with Crippen molar-refractivity contribution in [2.45, 2.75) is 91.6 Å². The maximum atomic E-state index is 13.3. The average molecular weight is 1720 g/mol. The van der Waals surface area contributed by atoms with Gasteiger partial charge in [0.1, 0.15) is 47.4 Å². The normalized spacial score (nSPS) is 11.1. The van der Waals surface area contributed by atoms with E-state index < -0.39 is 84.0 Å². The molecule has 0 atom stereocenters. The molecule has 650 valence electrons. The van der Waals surface area contributed by atoms with Crippen molar-refractivity contribution in [3.8, 4) is 23.0 Å². The van der Waals surface area contributed by atoms with Crippen molar-refractivity contribution < 1.29 is 95.2 Å². The highest BCUT2D eigenvalue weighted by atomic mass is 16.6. The van der Waals surface area contributed by atoms with Crippen molar-refractivity contribution in [3.63, 3.8) is 0 Å². The van der Waals surface area contributed by atoms with Gasteiger partial charge >= 0.3 is 47.8 Å². The Balaban J connectivity index is 1.02. The van der Waals surface area contributed by atoms with E-state index in [0.717, 1.165) is 11.1 Å². The Morgan fingerprint density at radius 3 is 0.430 bits per heavy atom. The Kier molecular flexibility index (Phi) is 31.1. The van der Waals surface area contributed by atoms with E-state index in [1.807, 2.05) is 194 Å². The molecule has 0 saturated heterocycles. The third-order valence-electron chi connectivity index (χ3n) is 21.3. The molecule has 0 aliphatic heterocycles. The van der Waals surface area contributed by atoms with E-state index in [1.54, 1.807) is 152 Å². The van der Waals surface area contributed by atoms with Crippen LogP contribution in [0.15, 0.2) is 315 Å². The van der Waals surface area contributed by atoms with Gasteiger partial charge in [0.05, 0.1) is 97.4 Å². The average Bonchev–Trinajstić information content (AvgIpc) is 0.763. The molecule has 0 amide bonds. The van der Waals surface area contributed by atoms with Gasteiger partial charge in [0, 0.05) is 34.1 Å². The lowest BCUT2D eigenvalue weighted by molar-refractivity contribution is 0.0516. The van der Waals surface area contributed by atoms with Gasteiger partial charge in [-0.2, -0.15) is 0 Å². The first-order valence-corrected chi connectivity index (χ1v) is 42.7. The number of hydrogen-bond donors (Lipinski definition) is 0. The Labute approximate surface area is 744 Å². The molecular weight excluding hydrogens is 1620 g/mol. The molecule has 0 spiro atoms. The summed E-state index contributed by atoms with van der Waals surface area (Å²) >= 11 is 0. The van der Waals surface area contributed by atoms with Crippen LogP contribution in [-0.2, 0) is 37.9 Å². The van der Waals surface area contributed by atoms with Crippen LogP contribution < -0.4 is 18.9 Å². The summed E-state index contributed by atoms with van der Waals surface area (Å²) in [5.74, 6) is -3.81. The van der Waals surface area contributed by atoms with E-state index >= 15 is 0 Å². The Bertz CT molecular complexity index is 5010. The highest BCUT2D eigenvalue weighted by molar-refractivity contribution is 5.93. The van der Waals surface area contributed by atoms with Crippen molar-refractivity contribution in [1.29, 1.82) is 0 Å². The third-order valence-corrected chi connectivity index (χ3v) is 21.3. The van der Waals surface area contributed by atoms with Crippen molar-refractivity contribution in [3.05, 3.63) is 438 Å². The van der Waals surface area contributed by atoms with Crippen LogP contribution in [0.4, 0.5) is 0 Å². The molecule has 13 aromatic rings. The van der Waals surface area contributed by atoms with E-state index in [1.165, 1.54) is 0 Å². The number of ether oxygens (including phenoxy) is 12. The standard InChI is InChI=1S/C108H98O20/c1-9-117-101(109)79-53-37-71(38-54-79)97(72-39-55-80(56-40-72)102(110)118-10-2)125-91-29-21-17-25-87(91)95(88-26-18-22-30-92(88)126-98(73-41-57-81(58-42-73)103(111)119-11-3)74-43-59-82(60-44-74)104(112)120-12-4)69-33-35-70(36-34-69)96(89-27-19-23-31-93(89)127-99(75-45-61-83(62-46-75)105(113)121-13-5)76-47-63-84(64-48-76)106(114)122-14-6)90-28-20-24-32-94(90)128-100(77-49-65-85(66-50-77)107(115)123-15-7)78-51-67-86(68-52-78)108(116)124-16-8/h17-68,95-100H,9-16H2,1-8H3. The maximum Gasteiger partial charge on any atom is 0.338 e. The van der Waals surface area contributed by atoms with Gasteiger partial charge in [0.15, 0.2) is 0 Å². The SMILES string of the molecule is CCOC(=O)c1ccc(C(Oc2ccccc2C(c2ccc(C(c3ccccc3OC(c3ccc(C(=O)OCC)cc3)c3ccc(C(=O)OCC)cc3)c3ccccc3OC(c3ccc(C(=O)OCC)cc3)c3ccc(C(=O)OCC)cc3)cc2)c2ccccc2OC(c2ccc(C(=O)OCC)cc2)c2ccc(C(=O)OCC)cc2)c2ccc(C(=O)OCC)cc2)cc1. The van der Waals surface area contributed by atoms with E-state index in [0.29, 0.717) is 134 Å². The Hall–Kier alpha value is -15.2. The number of rotatable bonds is 38. The van der Waals surface area contributed by atoms with Crippen molar-refractivity contribution >= 4 is 47.8 Å². The molecule has 0 bridgehead atoms. The molecule has 0 aliphatic carbocycles. The van der Waals surface area contributed by atoms with Gasteiger partial charge in [-0.3, -0.25) is 0 Å². The monoisotopic (exact) mass is 1710 g/mol. The lowest BCUT2D eigenvalue weighted by Crippen LogP contribution is -2.16. The van der Waals surface area contributed by atoms with Crippen LogP contribution in [0.1, 0.15) is 252 Å². The highest BCUT2D eigenvalue weighted by Crippen LogP contribution is 2.49. The molecular formula is C108H98O20. The van der Waals surface area contributed by atoms with Gasteiger partial charge in [-0.1, -0.05) is 194 Å². The van der Waals surface area contributed by atoms with E-state index in [9.17, 15) is 38.4 Å². The first-order chi connectivity index (χ1) is 62.4. The summed E-state index contributed by atoms with van der Waals surface area (Å²) in [6.45, 7) is 15.3. The molecule has 0 radical (unpaired) electrons. The van der Waals surface area contributed by atoms with E-state index in [4.69, 9.17) is 56.8 Å². The summed E-state index contributed by atoms with van der Waals surface area (Å²) in [6.07, 6.45) is -3.54. The second-order valence-corrected chi connectivity index (χ2v) is 29.4. The quantitative estimate of drug-likeness (QED) is 0.0198. The fourth-order valence-corrected chi connectivity index (χ4v) is 15.1. The summed E-state index contributed by atoms with van der Waals surface area (Å²) < 4.78 is 73.5. The van der Waals surface area contributed by atoms with Crippen LogP contribution >= 0.6 is 0 Å². The smallest absolute Gasteiger partial charge is 0.338 e. The maximum absolute atomic E-state index is 13.3. The molecule has 0 saturated carbocycles. The fourth-order valence-electron chi connectivity index (χ4n) is 15.1. The van der Waals surface area contributed by atoms with E-state index in [-0.39, 0.29) is 52.9 Å². The van der Waals surface area contributed by atoms with Crippen molar-refractivity contribution in [1.82, 2.24) is 0 Å². The van der Waals surface area contributed by atoms with Gasteiger partial charge in [-0.15, -0.1) is 0 Å². The zero-order valence-corrected chi connectivity index (χ0v) is 72.3. The van der Waals surface area contributed by atoms with Gasteiger partial charge in [-0.25, -0.2) is 38.4 Å². The fraction of sp³-hybridized carbons (Fsp3) is 0.204. The number of benzene rings is 13. The summed E-state index contributed by atoms with van der Waals surface area (Å²) in [5.41, 5.74) is 12.0. The number of carbonyl (C=O) groups excluding carboxylic acids is 8. The van der Waals surface area contributed by atoms with Crippen LogP contribution in [0.25, 0.3) is 0 Å². The lowest BCUT2D eigenvalue weighted by Gasteiger charge is -2.30. The summed E-state index contributed by atoms with van der Waals surface area (Å²) in [6, 6.07) is 95.0. The second kappa shape index (κ2) is 43.9. The zero-order chi connectivity index (χ0) is 90.0. The molecule has 20 heteroatoms. The summed E-state index contributed by atoms with van der Waals surface area (Å²) in [4.78, 5) is 106. The molecule has 0 heterocycles. The molecule has 0 fully saturated rings. The number of para-hydroxylation sites is 4. The molecule has 128 heavy (non-hydrogen) atoms. The molecule has 0 unspecified atom stereocenters. The first-order valence-electron chi connectivity index (χ1n) is 42.7. The Morgan fingerprint density at radius 1 is 0.172 bits per heavy atom. The molecule has 0 aromatic heterocycles. The second-order valence-electron chi connectivity index (χ2n) is 29.4. The molecule has 20 nitrogen and oxygen atoms in total. The zero-order valence-electron chi connectivity index (χ0n) is 72.3. The molecule has 13 rings (SSSR count). The Morgan fingerprint density at radius 2 is 0.297 bits per heavy atom. The largest absolute Gasteiger partial charge is 0.481 e. The number of carbonyl (C=O) groups is 8. The van der Waals surface area contributed by atoms with Crippen molar-refractivity contribution in [2.24, 2.45) is 0 Å². The minimum atomic E-state index is -0.886. The van der Waals surface area contributed by atoms with Crippen LogP contribution in [-0.4, -0.2) is 101 Å². The minimum absolute atomic E-state index is 0.171. The third kappa shape index (κ3) is 21.9. The predicted octanol–water partition coefficient (Wildman–Crippen LogP) is 22.1. The van der Waals surface area contributed by atoms with Crippen LogP contribution in [0.3, 0.4) is 0 Å². The highest BCUT2D eigenvalue weighted by Gasteiger charge is 2.33. The summed E-state index contributed by atoms with van der Waals surface area (Å²) in [7, 11) is 0. The van der Waals surface area contributed by atoms with Crippen LogP contribution in [0.5, 0.6) is 23.0 Å².